The van der Waals surface area contributed by atoms with Gasteiger partial charge in [0.15, 0.2) is 0 Å². The van der Waals surface area contributed by atoms with Gasteiger partial charge in [-0.05, 0) is 61.5 Å². The topological polar surface area (TPSA) is 12.0 Å². The Morgan fingerprint density at radius 1 is 1.16 bits per heavy atom. The zero-order valence-electron chi connectivity index (χ0n) is 13.5. The molecule has 1 saturated carbocycles. The lowest BCUT2D eigenvalue weighted by Gasteiger charge is -2.41. The molecular formula is C17H35NS. The van der Waals surface area contributed by atoms with Crippen LogP contribution in [0.3, 0.4) is 0 Å². The van der Waals surface area contributed by atoms with Crippen molar-refractivity contribution in [3.8, 4) is 0 Å². The molecule has 1 aliphatic rings. The quantitative estimate of drug-likeness (QED) is 0.560. The van der Waals surface area contributed by atoms with E-state index < -0.39 is 0 Å². The van der Waals surface area contributed by atoms with Gasteiger partial charge in [0.1, 0.15) is 0 Å². The Hall–Kier alpha value is 0.310. The number of nitrogens with one attached hydrogen (secondary N) is 1. The molecule has 0 saturated heterocycles. The first-order valence-electron chi connectivity index (χ1n) is 8.54. The molecule has 2 heteroatoms. The summed E-state index contributed by atoms with van der Waals surface area (Å²) in [4.78, 5) is 0. The molecule has 0 bridgehead atoms. The molecule has 0 spiro atoms. The maximum absolute atomic E-state index is 3.63. The zero-order valence-corrected chi connectivity index (χ0v) is 14.3. The Bertz CT molecular complexity index is 209. The van der Waals surface area contributed by atoms with Crippen molar-refractivity contribution in [1.29, 1.82) is 0 Å². The molecule has 1 N–H and O–H groups in total. The average Bonchev–Trinajstić information content (AvgIpc) is 2.45. The van der Waals surface area contributed by atoms with Crippen LogP contribution in [0.15, 0.2) is 0 Å². The molecule has 0 heterocycles. The predicted octanol–water partition coefficient (Wildman–Crippen LogP) is 5.11. The molecule has 114 valence electrons. The molecule has 0 atom stereocenters. The first-order valence-corrected chi connectivity index (χ1v) is 9.70. The standard InChI is InChI=1S/C17H35NS/c1-4-7-8-16-9-11-17(12-10-16,15-18-5-2)13-14-19-6-3/h16,18H,4-15H2,1-3H3. The van der Waals surface area contributed by atoms with E-state index in [1.54, 1.807) is 0 Å². The zero-order chi connectivity index (χ0) is 14.0. The van der Waals surface area contributed by atoms with E-state index in [4.69, 9.17) is 0 Å². The number of thioether (sulfide) groups is 1. The fourth-order valence-corrected chi connectivity index (χ4v) is 4.28. The van der Waals surface area contributed by atoms with E-state index in [1.807, 2.05) is 0 Å². The third-order valence-electron chi connectivity index (χ3n) is 4.86. The largest absolute Gasteiger partial charge is 0.316 e. The van der Waals surface area contributed by atoms with Gasteiger partial charge in [-0.25, -0.2) is 0 Å². The molecule has 1 rings (SSSR count). The molecule has 0 aromatic carbocycles. The molecule has 0 aliphatic heterocycles. The van der Waals surface area contributed by atoms with Gasteiger partial charge in [-0.2, -0.15) is 11.8 Å². The Balaban J connectivity index is 2.39. The van der Waals surface area contributed by atoms with Gasteiger partial charge in [0, 0.05) is 6.54 Å². The van der Waals surface area contributed by atoms with Crippen LogP contribution in [0.1, 0.15) is 72.1 Å². The molecule has 0 radical (unpaired) electrons. The molecule has 0 unspecified atom stereocenters. The predicted molar refractivity (Wildman–Crippen MR) is 90.1 cm³/mol. The summed E-state index contributed by atoms with van der Waals surface area (Å²) in [6, 6.07) is 0. The second-order valence-corrected chi connectivity index (χ2v) is 7.71. The Morgan fingerprint density at radius 3 is 2.47 bits per heavy atom. The molecule has 0 aromatic rings. The lowest BCUT2D eigenvalue weighted by molar-refractivity contribution is 0.136. The minimum Gasteiger partial charge on any atom is -0.316 e. The average molecular weight is 286 g/mol. The van der Waals surface area contributed by atoms with Gasteiger partial charge < -0.3 is 5.32 Å². The third kappa shape index (κ3) is 6.53. The van der Waals surface area contributed by atoms with Gasteiger partial charge in [-0.15, -0.1) is 0 Å². The summed E-state index contributed by atoms with van der Waals surface area (Å²) >= 11 is 2.12. The van der Waals surface area contributed by atoms with Gasteiger partial charge in [0.25, 0.3) is 0 Å². The summed E-state index contributed by atoms with van der Waals surface area (Å²) in [5.74, 6) is 3.67. The Labute approximate surface area is 125 Å². The van der Waals surface area contributed by atoms with E-state index in [-0.39, 0.29) is 0 Å². The molecule has 0 aromatic heterocycles. The lowest BCUT2D eigenvalue weighted by Crippen LogP contribution is -2.38. The van der Waals surface area contributed by atoms with Crippen LogP contribution in [-0.2, 0) is 0 Å². The van der Waals surface area contributed by atoms with Crippen LogP contribution in [0.5, 0.6) is 0 Å². The van der Waals surface area contributed by atoms with Gasteiger partial charge in [0.05, 0.1) is 0 Å². The van der Waals surface area contributed by atoms with Gasteiger partial charge >= 0.3 is 0 Å². The Morgan fingerprint density at radius 2 is 1.89 bits per heavy atom. The van der Waals surface area contributed by atoms with Gasteiger partial charge in [-0.1, -0.05) is 40.0 Å². The van der Waals surface area contributed by atoms with Gasteiger partial charge in [-0.3, -0.25) is 0 Å². The molecule has 1 aliphatic carbocycles. The first kappa shape index (κ1) is 17.4. The maximum atomic E-state index is 3.63. The number of rotatable bonds is 10. The van der Waals surface area contributed by atoms with Gasteiger partial charge in [0.2, 0.25) is 0 Å². The minimum absolute atomic E-state index is 0.626. The van der Waals surface area contributed by atoms with Crippen molar-refractivity contribution in [3.63, 3.8) is 0 Å². The van der Waals surface area contributed by atoms with Crippen molar-refractivity contribution in [1.82, 2.24) is 5.32 Å². The number of hydrogen-bond donors (Lipinski definition) is 1. The fraction of sp³-hybridized carbons (Fsp3) is 1.00. The summed E-state index contributed by atoms with van der Waals surface area (Å²) in [6.45, 7) is 9.22. The maximum Gasteiger partial charge on any atom is 0.000799 e. The molecule has 1 nitrogen and oxygen atoms in total. The van der Waals surface area contributed by atoms with Crippen LogP contribution in [0, 0.1) is 11.3 Å². The monoisotopic (exact) mass is 285 g/mol. The van der Waals surface area contributed by atoms with Crippen LogP contribution >= 0.6 is 11.8 Å². The highest BCUT2D eigenvalue weighted by molar-refractivity contribution is 7.99. The molecule has 1 fully saturated rings. The molecular weight excluding hydrogens is 250 g/mol. The van der Waals surface area contributed by atoms with Crippen LogP contribution in [0.25, 0.3) is 0 Å². The van der Waals surface area contributed by atoms with Crippen molar-refractivity contribution in [2.45, 2.75) is 72.1 Å². The summed E-state index contributed by atoms with van der Waals surface area (Å²) in [5.41, 5.74) is 0.626. The number of unbranched alkanes of at least 4 members (excludes halogenated alkanes) is 1. The van der Waals surface area contributed by atoms with Crippen molar-refractivity contribution in [2.75, 3.05) is 24.6 Å². The van der Waals surface area contributed by atoms with Crippen molar-refractivity contribution >= 4 is 11.8 Å². The normalized spacial score (nSPS) is 27.6. The van der Waals surface area contributed by atoms with E-state index in [9.17, 15) is 0 Å². The summed E-state index contributed by atoms with van der Waals surface area (Å²) in [5, 5.41) is 3.63. The van der Waals surface area contributed by atoms with E-state index in [0.29, 0.717) is 5.41 Å². The van der Waals surface area contributed by atoms with Crippen LogP contribution in [0.2, 0.25) is 0 Å². The molecule has 19 heavy (non-hydrogen) atoms. The van der Waals surface area contributed by atoms with E-state index >= 15 is 0 Å². The van der Waals surface area contributed by atoms with E-state index in [0.717, 1.165) is 12.5 Å². The van der Waals surface area contributed by atoms with E-state index in [2.05, 4.69) is 37.8 Å². The highest BCUT2D eigenvalue weighted by Crippen LogP contribution is 2.43. The second kappa shape index (κ2) is 10.1. The highest BCUT2D eigenvalue weighted by Gasteiger charge is 2.34. The van der Waals surface area contributed by atoms with Crippen LogP contribution in [0.4, 0.5) is 0 Å². The summed E-state index contributed by atoms with van der Waals surface area (Å²) in [6.07, 6.45) is 11.6. The van der Waals surface area contributed by atoms with Crippen molar-refractivity contribution in [2.24, 2.45) is 11.3 Å². The number of hydrogen-bond acceptors (Lipinski definition) is 2. The fourth-order valence-electron chi connectivity index (χ4n) is 3.41. The first-order chi connectivity index (χ1) is 9.26. The Kier molecular flexibility index (Phi) is 9.23. The summed E-state index contributed by atoms with van der Waals surface area (Å²) in [7, 11) is 0. The third-order valence-corrected chi connectivity index (χ3v) is 5.76. The minimum atomic E-state index is 0.626. The van der Waals surface area contributed by atoms with Crippen molar-refractivity contribution in [3.05, 3.63) is 0 Å². The second-order valence-electron chi connectivity index (χ2n) is 6.31. The van der Waals surface area contributed by atoms with Crippen LogP contribution < -0.4 is 5.32 Å². The highest BCUT2D eigenvalue weighted by atomic mass is 32.2. The summed E-state index contributed by atoms with van der Waals surface area (Å²) < 4.78 is 0. The van der Waals surface area contributed by atoms with Crippen molar-refractivity contribution < 1.29 is 0 Å². The van der Waals surface area contributed by atoms with Crippen LogP contribution in [-0.4, -0.2) is 24.6 Å². The SMILES string of the molecule is CCCCC1CCC(CCSCC)(CNCC)CC1. The lowest BCUT2D eigenvalue weighted by atomic mass is 9.68. The van der Waals surface area contributed by atoms with E-state index in [1.165, 1.54) is 69.4 Å². The smallest absolute Gasteiger partial charge is 0.000799 e. The molecule has 0 amide bonds.